The Morgan fingerprint density at radius 1 is 0.794 bits per heavy atom. The van der Waals surface area contributed by atoms with E-state index in [1.54, 1.807) is 75.2 Å². The average Bonchev–Trinajstić information content (AvgIpc) is 3.32. The Bertz CT molecular complexity index is 1700. The van der Waals surface area contributed by atoms with Crippen molar-refractivity contribution >= 4 is 24.1 Å². The molecule has 0 aromatic rings. The van der Waals surface area contributed by atoms with Gasteiger partial charge in [0.15, 0.2) is 0 Å². The van der Waals surface area contributed by atoms with Gasteiger partial charge in [-0.3, -0.25) is 9.59 Å². The van der Waals surface area contributed by atoms with Crippen molar-refractivity contribution in [2.45, 2.75) is 155 Å². The first kappa shape index (κ1) is 60.4. The van der Waals surface area contributed by atoms with Gasteiger partial charge < -0.3 is 47.5 Å². The van der Waals surface area contributed by atoms with E-state index in [0.29, 0.717) is 57.8 Å². The molecule has 14 nitrogen and oxygen atoms in total. The molecule has 0 saturated heterocycles. The van der Waals surface area contributed by atoms with Gasteiger partial charge in [0.2, 0.25) is 6.41 Å². The molecule has 0 N–H and O–H groups in total. The topological polar surface area (TPSA) is 155 Å². The molecule has 2 bridgehead atoms. The number of allylic oxidation sites excluding steroid dienone is 2. The molecule has 1 unspecified atom stereocenters. The fraction of sp³-hybridized carbons (Fsp3) is 0.704. The van der Waals surface area contributed by atoms with Gasteiger partial charge in [0.05, 0.1) is 42.7 Å². The zero-order chi connectivity index (χ0) is 50.9. The highest BCUT2D eigenvalue weighted by molar-refractivity contribution is 5.84. The maximum Gasteiger partial charge on any atom is 0.331 e. The molecule has 0 spiro atoms. The molecule has 0 radical (unpaired) electrons. The molecule has 0 saturated carbocycles. The predicted molar refractivity (Wildman–Crippen MR) is 264 cm³/mol. The lowest BCUT2D eigenvalue weighted by Gasteiger charge is -2.35. The fourth-order valence-electron chi connectivity index (χ4n) is 9.37. The molecule has 15 atom stereocenters. The Hall–Kier alpha value is -3.76. The van der Waals surface area contributed by atoms with Crippen LogP contribution in [0.5, 0.6) is 0 Å². The summed E-state index contributed by atoms with van der Waals surface area (Å²) in [6.07, 6.45) is 20.1. The molecule has 2 heterocycles. The number of carbonyl (C=O) groups excluding carboxylic acids is 4. The number of esters is 2. The summed E-state index contributed by atoms with van der Waals surface area (Å²) >= 11 is 0. The van der Waals surface area contributed by atoms with Crippen molar-refractivity contribution in [2.75, 3.05) is 56.8 Å². The van der Waals surface area contributed by atoms with Crippen LogP contribution in [-0.2, 0) is 61.8 Å². The van der Waals surface area contributed by atoms with Crippen molar-refractivity contribution in [1.82, 2.24) is 4.90 Å². The van der Waals surface area contributed by atoms with Crippen molar-refractivity contribution in [1.29, 1.82) is 0 Å². The molecule has 14 heteroatoms. The van der Waals surface area contributed by atoms with E-state index in [4.69, 9.17) is 42.6 Å². The van der Waals surface area contributed by atoms with Crippen LogP contribution in [-0.4, -0.2) is 141 Å². The van der Waals surface area contributed by atoms with Crippen LogP contribution in [0, 0.1) is 35.5 Å². The Labute approximate surface area is 408 Å². The summed E-state index contributed by atoms with van der Waals surface area (Å²) < 4.78 is 53.8. The summed E-state index contributed by atoms with van der Waals surface area (Å²) in [5.41, 5.74) is 1.93. The standard InChI is InChI=1S/C54H87NO13/c1-35-18-16-20-51(58)68-54(41(7)53(66-15)37(3)23-26-46(57)39(5)47(63-12)19-17-27-55(8)34-56)38(4)22-25-43(60-9)32-48(64-13)36(2)21-24-44(61-10)33-49(65-14)40(6)50-30-42(31-52(59)67-50)29-45(28-35)62-11/h16-18,20-22,24-25,27,31,34,36-41,43-45,47-50,53-54H,19,23,26,28-30,32-33H2,1-15H3/b20-16+,24-21+,25-22+,27-17+,35-18+/t36-,37-,38-,39-,40+,41-,43-,44-,45?,47+,48-,49+,50-,53-,54-/m1/s1. The van der Waals surface area contributed by atoms with Crippen LogP contribution < -0.4 is 0 Å². The van der Waals surface area contributed by atoms with Gasteiger partial charge in [-0.05, 0) is 38.5 Å². The van der Waals surface area contributed by atoms with Crippen molar-refractivity contribution < 1.29 is 61.8 Å². The summed E-state index contributed by atoms with van der Waals surface area (Å²) in [7, 11) is 13.3. The van der Waals surface area contributed by atoms with Crippen LogP contribution in [0.4, 0.5) is 0 Å². The van der Waals surface area contributed by atoms with Gasteiger partial charge in [-0.25, -0.2) is 9.59 Å². The van der Waals surface area contributed by atoms with Crippen LogP contribution in [0.25, 0.3) is 0 Å². The number of methoxy groups -OCH3 is 7. The van der Waals surface area contributed by atoms with Gasteiger partial charge >= 0.3 is 11.9 Å². The number of nitrogens with zero attached hydrogens (tertiary/aromatic N) is 1. The lowest BCUT2D eigenvalue weighted by atomic mass is 9.81. The van der Waals surface area contributed by atoms with Crippen molar-refractivity contribution in [3.8, 4) is 0 Å². The smallest absolute Gasteiger partial charge is 0.331 e. The van der Waals surface area contributed by atoms with E-state index in [1.165, 1.54) is 11.0 Å². The number of cyclic esters (lactones) is 1. The first-order valence-corrected chi connectivity index (χ1v) is 24.3. The summed E-state index contributed by atoms with van der Waals surface area (Å²) in [5, 5.41) is 0. The highest BCUT2D eigenvalue weighted by Gasteiger charge is 2.37. The van der Waals surface area contributed by atoms with Gasteiger partial charge in [0, 0.05) is 130 Å². The molecule has 0 aromatic heterocycles. The minimum absolute atomic E-state index is 0.0107. The molecular weight excluding hydrogens is 871 g/mol. The number of rotatable bonds is 19. The number of carbonyl (C=O) groups is 4. The monoisotopic (exact) mass is 958 g/mol. The molecule has 0 aromatic carbocycles. The number of fused-ring (bicyclic) bond motifs is 2. The second-order valence-corrected chi connectivity index (χ2v) is 18.9. The van der Waals surface area contributed by atoms with Crippen LogP contribution in [0.1, 0.15) is 99.8 Å². The van der Waals surface area contributed by atoms with Crippen LogP contribution in [0.15, 0.2) is 72.0 Å². The molecule has 2 rings (SSSR count). The lowest BCUT2D eigenvalue weighted by Crippen LogP contribution is -2.41. The van der Waals surface area contributed by atoms with Gasteiger partial charge in [-0.2, -0.15) is 0 Å². The van der Waals surface area contributed by atoms with E-state index < -0.39 is 12.1 Å². The minimum Gasteiger partial charge on any atom is -0.458 e. The molecule has 2 aliphatic rings. The van der Waals surface area contributed by atoms with E-state index in [2.05, 4.69) is 19.9 Å². The molecule has 68 heavy (non-hydrogen) atoms. The molecule has 386 valence electrons. The largest absolute Gasteiger partial charge is 0.458 e. The molecular formula is C54H87NO13. The Morgan fingerprint density at radius 2 is 1.43 bits per heavy atom. The van der Waals surface area contributed by atoms with Crippen LogP contribution >= 0.6 is 0 Å². The minimum atomic E-state index is -0.609. The third-order valence-corrected chi connectivity index (χ3v) is 13.9. The van der Waals surface area contributed by atoms with Gasteiger partial charge in [-0.15, -0.1) is 0 Å². The Balaban J connectivity index is 2.49. The van der Waals surface area contributed by atoms with Crippen LogP contribution in [0.3, 0.4) is 0 Å². The predicted octanol–water partition coefficient (Wildman–Crippen LogP) is 8.59. The van der Waals surface area contributed by atoms with Crippen molar-refractivity contribution in [3.05, 3.63) is 72.0 Å². The molecule has 0 fully saturated rings. The second-order valence-electron chi connectivity index (χ2n) is 18.9. The number of ether oxygens (including phenoxy) is 9. The van der Waals surface area contributed by atoms with Gasteiger partial charge in [0.1, 0.15) is 18.0 Å². The Kier molecular flexibility index (Phi) is 28.6. The lowest BCUT2D eigenvalue weighted by molar-refractivity contribution is -0.152. The third kappa shape index (κ3) is 20.3. The second kappa shape index (κ2) is 32.2. The first-order valence-electron chi connectivity index (χ1n) is 24.3. The van der Waals surface area contributed by atoms with E-state index in [1.807, 2.05) is 65.0 Å². The summed E-state index contributed by atoms with van der Waals surface area (Å²) in [5.74, 6) is -1.91. The normalized spacial score (nSPS) is 31.9. The van der Waals surface area contributed by atoms with E-state index in [-0.39, 0.29) is 96.1 Å². The first-order chi connectivity index (χ1) is 32.4. The third-order valence-electron chi connectivity index (χ3n) is 13.9. The Morgan fingerprint density at radius 3 is 2.00 bits per heavy atom. The maximum absolute atomic E-state index is 13.7. The summed E-state index contributed by atoms with van der Waals surface area (Å²) in [4.78, 5) is 52.5. The molecule has 1 amide bonds. The van der Waals surface area contributed by atoms with E-state index in [9.17, 15) is 19.2 Å². The highest BCUT2D eigenvalue weighted by atomic mass is 16.6. The van der Waals surface area contributed by atoms with E-state index >= 15 is 0 Å². The number of hydrogen-bond acceptors (Lipinski definition) is 13. The number of hydrogen-bond donors (Lipinski definition) is 0. The summed E-state index contributed by atoms with van der Waals surface area (Å²) in [6, 6.07) is 0. The van der Waals surface area contributed by atoms with Crippen LogP contribution in [0.2, 0.25) is 0 Å². The van der Waals surface area contributed by atoms with E-state index in [0.717, 1.165) is 11.1 Å². The number of Topliss-reactive ketones (excluding diaryl/α,β-unsaturated/α-hetero) is 1. The maximum atomic E-state index is 13.7. The zero-order valence-corrected chi connectivity index (χ0v) is 43.9. The SMILES string of the molecule is COC1CC2=CC(=O)O[C@H](C2)[C@@H](C)[C@@H](OC)C[C@H](OC)/C=C/[C@@H](C)[C@H](OC)C[C@H](OC)/C=C/[C@@H](C)[C@H]([C@H](C)[C@H](OC)[C@H](C)CCC(=O)[C@@H](C)[C@H](C/C=C/N(C)C=O)OC)OC(=O)/C=C/C=C(\C)C1. The summed E-state index contributed by atoms with van der Waals surface area (Å²) in [6.45, 7) is 14.1. The van der Waals surface area contributed by atoms with Gasteiger partial charge in [0.25, 0.3) is 0 Å². The highest BCUT2D eigenvalue weighted by Crippen LogP contribution is 2.33. The number of ketones is 1. The fourth-order valence-corrected chi connectivity index (χ4v) is 9.37. The molecule has 0 aliphatic carbocycles. The molecule has 2 aliphatic heterocycles. The number of amides is 1. The van der Waals surface area contributed by atoms with Gasteiger partial charge in [-0.1, -0.05) is 95.2 Å². The van der Waals surface area contributed by atoms with Crippen molar-refractivity contribution in [2.24, 2.45) is 35.5 Å². The average molecular weight is 958 g/mol. The quantitative estimate of drug-likeness (QED) is 0.0691. The zero-order valence-electron chi connectivity index (χ0n) is 43.9. The van der Waals surface area contributed by atoms with Crippen molar-refractivity contribution in [3.63, 3.8) is 0 Å².